The van der Waals surface area contributed by atoms with Gasteiger partial charge in [-0.2, -0.15) is 0 Å². The monoisotopic (exact) mass is 468 g/mol. The number of benzene rings is 2. The van der Waals surface area contributed by atoms with Crippen molar-refractivity contribution in [2.75, 3.05) is 0 Å². The van der Waals surface area contributed by atoms with Crippen molar-refractivity contribution in [2.45, 2.75) is 10.6 Å². The maximum absolute atomic E-state index is 5.40. The minimum absolute atomic E-state index is 0.183. The first-order chi connectivity index (χ1) is 17.4. The summed E-state index contributed by atoms with van der Waals surface area (Å²) in [5.74, 6) is 0. The summed E-state index contributed by atoms with van der Waals surface area (Å²) in [5, 5.41) is 4.06. The van der Waals surface area contributed by atoms with E-state index in [2.05, 4.69) is 100 Å². The zero-order valence-corrected chi connectivity index (χ0v) is 19.6. The highest BCUT2D eigenvalue weighted by atomic mass is 32.2. The summed E-state index contributed by atoms with van der Waals surface area (Å²) in [6.45, 7) is 0. The van der Waals surface area contributed by atoms with Crippen LogP contribution in [0.1, 0.15) is 5.37 Å². The number of rotatable bonds is 2. The van der Waals surface area contributed by atoms with Crippen LogP contribution in [0.3, 0.4) is 0 Å². The second kappa shape index (κ2) is 7.20. The number of nitrogens with zero attached hydrogens (tertiary/aromatic N) is 4. The molecule has 0 N–H and O–H groups in total. The van der Waals surface area contributed by atoms with Gasteiger partial charge in [-0.3, -0.25) is 9.55 Å². The Morgan fingerprint density at radius 3 is 2.54 bits per heavy atom. The van der Waals surface area contributed by atoms with Crippen molar-refractivity contribution in [3.05, 3.63) is 115 Å². The first kappa shape index (κ1) is 19.2. The zero-order valence-electron chi connectivity index (χ0n) is 18.7. The molecule has 0 radical (unpaired) electrons. The second-order valence-corrected chi connectivity index (χ2v) is 10.3. The number of hydrogen-bond donors (Lipinski definition) is 0. The summed E-state index contributed by atoms with van der Waals surface area (Å²) in [6, 6.07) is 25.6. The van der Waals surface area contributed by atoms with Gasteiger partial charge in [0.15, 0.2) is 0 Å². The van der Waals surface area contributed by atoms with E-state index in [0.717, 1.165) is 33.4 Å². The van der Waals surface area contributed by atoms with Gasteiger partial charge in [-0.15, -0.1) is 11.8 Å². The van der Waals surface area contributed by atoms with E-state index in [1.165, 1.54) is 21.9 Å². The van der Waals surface area contributed by atoms with Gasteiger partial charge in [0.1, 0.15) is 16.7 Å². The van der Waals surface area contributed by atoms with Crippen molar-refractivity contribution < 1.29 is 0 Å². The molecule has 4 aromatic heterocycles. The Morgan fingerprint density at radius 1 is 0.771 bits per heavy atom. The molecule has 2 aliphatic rings. The molecule has 0 saturated heterocycles. The van der Waals surface area contributed by atoms with E-state index < -0.39 is 0 Å². The third-order valence-electron chi connectivity index (χ3n) is 7.06. The second-order valence-electron chi connectivity index (χ2n) is 9.02. The molecule has 2 unspecified atom stereocenters. The van der Waals surface area contributed by atoms with Gasteiger partial charge in [0.2, 0.25) is 0 Å². The van der Waals surface area contributed by atoms with Gasteiger partial charge < -0.3 is 4.57 Å². The van der Waals surface area contributed by atoms with Gasteiger partial charge in [0.25, 0.3) is 0 Å². The summed E-state index contributed by atoms with van der Waals surface area (Å²) >= 11 is 1.97. The molecule has 5 heteroatoms. The molecule has 0 spiro atoms. The summed E-state index contributed by atoms with van der Waals surface area (Å²) in [7, 11) is 0. The van der Waals surface area contributed by atoms with Crippen molar-refractivity contribution in [1.82, 2.24) is 19.1 Å². The van der Waals surface area contributed by atoms with Crippen LogP contribution in [0.15, 0.2) is 115 Å². The fourth-order valence-corrected chi connectivity index (χ4v) is 6.91. The number of para-hydroxylation sites is 2. The van der Waals surface area contributed by atoms with E-state index in [4.69, 9.17) is 9.97 Å². The van der Waals surface area contributed by atoms with Crippen LogP contribution in [0.25, 0.3) is 49.7 Å². The number of hydrogen-bond acceptors (Lipinski definition) is 3. The standard InChI is InChI=1S/C30H20N4S/c1-2-10-20(11-3-1)33-25-14-8-16-31-28(25)23-18-22-21-12-5-6-13-24(21)34(29(22)32-30(23)33)27-17-19-9-4-7-15-26(19)35-27/h1-18,26-27H. The van der Waals surface area contributed by atoms with Crippen LogP contribution < -0.4 is 0 Å². The van der Waals surface area contributed by atoms with Gasteiger partial charge in [-0.1, -0.05) is 60.7 Å². The number of fused-ring (bicyclic) bond motifs is 7. The lowest BCUT2D eigenvalue weighted by Gasteiger charge is -2.15. The van der Waals surface area contributed by atoms with E-state index in [1.807, 2.05) is 30.1 Å². The summed E-state index contributed by atoms with van der Waals surface area (Å²) < 4.78 is 4.66. The Balaban J connectivity index is 1.50. The molecule has 1 aliphatic carbocycles. The molecule has 35 heavy (non-hydrogen) atoms. The van der Waals surface area contributed by atoms with Crippen molar-refractivity contribution in [3.8, 4) is 5.69 Å². The number of pyridine rings is 2. The highest BCUT2D eigenvalue weighted by Crippen LogP contribution is 2.46. The van der Waals surface area contributed by atoms with Crippen molar-refractivity contribution in [3.63, 3.8) is 0 Å². The Labute approximate surface area is 205 Å². The van der Waals surface area contributed by atoms with E-state index in [-0.39, 0.29) is 5.37 Å². The molecule has 0 amide bonds. The Bertz CT molecular complexity index is 1890. The normalized spacial score (nSPS) is 19.3. The average Bonchev–Trinajstić information content (AvgIpc) is 3.57. The molecular weight excluding hydrogens is 448 g/mol. The summed E-state index contributed by atoms with van der Waals surface area (Å²) in [5.41, 5.74) is 7.69. The molecule has 6 aromatic rings. The van der Waals surface area contributed by atoms with Crippen LogP contribution in [0.4, 0.5) is 0 Å². The number of thioether (sulfide) groups is 1. The van der Waals surface area contributed by atoms with Crippen LogP contribution in [-0.4, -0.2) is 24.4 Å². The third kappa shape index (κ3) is 2.70. The maximum atomic E-state index is 5.40. The predicted molar refractivity (Wildman–Crippen MR) is 146 cm³/mol. The van der Waals surface area contributed by atoms with Gasteiger partial charge in [0.05, 0.1) is 21.8 Å². The molecule has 0 saturated carbocycles. The van der Waals surface area contributed by atoms with Crippen molar-refractivity contribution >= 4 is 55.8 Å². The predicted octanol–water partition coefficient (Wildman–Crippen LogP) is 7.35. The fraction of sp³-hybridized carbons (Fsp3) is 0.0667. The molecule has 166 valence electrons. The maximum Gasteiger partial charge on any atom is 0.149 e. The topological polar surface area (TPSA) is 35.6 Å². The smallest absolute Gasteiger partial charge is 0.149 e. The van der Waals surface area contributed by atoms with Crippen LogP contribution >= 0.6 is 11.8 Å². The zero-order chi connectivity index (χ0) is 22.9. The summed E-state index contributed by atoms with van der Waals surface area (Å²) in [6.07, 6.45) is 13.1. The van der Waals surface area contributed by atoms with E-state index >= 15 is 0 Å². The first-order valence-electron chi connectivity index (χ1n) is 11.8. The lowest BCUT2D eigenvalue weighted by molar-refractivity contribution is 0.866. The van der Waals surface area contributed by atoms with Crippen molar-refractivity contribution in [1.29, 1.82) is 0 Å². The first-order valence-corrected chi connectivity index (χ1v) is 12.8. The molecular formula is C30H20N4S. The van der Waals surface area contributed by atoms with Gasteiger partial charge in [-0.05, 0) is 48.0 Å². The van der Waals surface area contributed by atoms with Gasteiger partial charge in [-0.25, -0.2) is 4.98 Å². The lowest BCUT2D eigenvalue weighted by Crippen LogP contribution is -2.04. The molecule has 5 heterocycles. The molecule has 0 bridgehead atoms. The van der Waals surface area contributed by atoms with Crippen LogP contribution in [0, 0.1) is 0 Å². The lowest BCUT2D eigenvalue weighted by atomic mass is 10.1. The van der Waals surface area contributed by atoms with Crippen molar-refractivity contribution in [2.24, 2.45) is 0 Å². The van der Waals surface area contributed by atoms with Gasteiger partial charge >= 0.3 is 0 Å². The van der Waals surface area contributed by atoms with Gasteiger partial charge in [0, 0.05) is 28.0 Å². The van der Waals surface area contributed by atoms with E-state index in [9.17, 15) is 0 Å². The summed E-state index contributed by atoms with van der Waals surface area (Å²) in [4.78, 5) is 10.2. The van der Waals surface area contributed by atoms with Crippen LogP contribution in [0.2, 0.25) is 0 Å². The Morgan fingerprint density at radius 2 is 1.63 bits per heavy atom. The van der Waals surface area contributed by atoms with Crippen LogP contribution in [0.5, 0.6) is 0 Å². The van der Waals surface area contributed by atoms with Crippen LogP contribution in [-0.2, 0) is 0 Å². The molecule has 2 aromatic carbocycles. The highest BCUT2D eigenvalue weighted by molar-refractivity contribution is 8.00. The highest BCUT2D eigenvalue weighted by Gasteiger charge is 2.29. The Kier molecular flexibility index (Phi) is 3.96. The average molecular weight is 469 g/mol. The molecule has 1 aliphatic heterocycles. The van der Waals surface area contributed by atoms with E-state index in [1.54, 1.807) is 0 Å². The SMILES string of the molecule is C1=CC2=CC(n3c4ccccc4c4cc5c6ncccc6n(-c6ccccc6)c5nc43)SC2C=C1. The largest absolute Gasteiger partial charge is 0.309 e. The quantitative estimate of drug-likeness (QED) is 0.267. The number of allylic oxidation sites excluding steroid dienone is 3. The fourth-order valence-electron chi connectivity index (χ4n) is 5.54. The minimum atomic E-state index is 0.183. The van der Waals surface area contributed by atoms with E-state index in [0.29, 0.717) is 5.25 Å². The Hall–Kier alpha value is -4.09. The molecule has 0 fully saturated rings. The molecule has 4 nitrogen and oxygen atoms in total. The number of aromatic nitrogens is 4. The third-order valence-corrected chi connectivity index (χ3v) is 8.41. The molecule has 8 rings (SSSR count). The minimum Gasteiger partial charge on any atom is -0.309 e. The molecule has 2 atom stereocenters.